The van der Waals surface area contributed by atoms with Crippen LogP contribution in [0, 0.1) is 17.0 Å². The van der Waals surface area contributed by atoms with Gasteiger partial charge in [0, 0.05) is 37.8 Å². The minimum atomic E-state index is -0.669. The summed E-state index contributed by atoms with van der Waals surface area (Å²) in [6.45, 7) is 1.78. The maximum absolute atomic E-state index is 12.4. The van der Waals surface area contributed by atoms with Gasteiger partial charge in [0.1, 0.15) is 11.5 Å². The zero-order valence-corrected chi connectivity index (χ0v) is 20.1. The van der Waals surface area contributed by atoms with Crippen molar-refractivity contribution in [3.63, 3.8) is 0 Å². The second kappa shape index (κ2) is 9.82. The average molecular weight is 468 g/mol. The SMILES string of the molecule is Cc1ccc(N(C(N)=O)[C@H]2CC[C@@H](Nc3nc4c(c(N(C)C)n3)CCCC4)CC2)c([N+](=O)[O-])c1. The molecule has 0 atom stereocenters. The van der Waals surface area contributed by atoms with E-state index < -0.39 is 11.0 Å². The molecule has 0 spiro atoms. The number of fused-ring (bicyclic) bond motifs is 1. The summed E-state index contributed by atoms with van der Waals surface area (Å²) in [5, 5.41) is 15.1. The Kier molecular flexibility index (Phi) is 6.85. The summed E-state index contributed by atoms with van der Waals surface area (Å²) >= 11 is 0. The zero-order chi connectivity index (χ0) is 24.4. The molecule has 182 valence electrons. The summed E-state index contributed by atoms with van der Waals surface area (Å²) < 4.78 is 0. The number of carbonyl (C=O) groups excluding carboxylic acids is 1. The van der Waals surface area contributed by atoms with Crippen molar-refractivity contribution in [1.29, 1.82) is 0 Å². The Morgan fingerprint density at radius 3 is 2.50 bits per heavy atom. The van der Waals surface area contributed by atoms with Crippen LogP contribution in [0.1, 0.15) is 55.3 Å². The number of nitrogens with zero attached hydrogens (tertiary/aromatic N) is 5. The summed E-state index contributed by atoms with van der Waals surface area (Å²) in [5.74, 6) is 1.63. The number of carbonyl (C=O) groups is 1. The zero-order valence-electron chi connectivity index (χ0n) is 20.1. The fraction of sp³-hybridized carbons (Fsp3) is 0.542. The molecule has 1 aromatic heterocycles. The van der Waals surface area contributed by atoms with Gasteiger partial charge in [-0.05, 0) is 69.9 Å². The number of nitro groups is 1. The van der Waals surface area contributed by atoms with Gasteiger partial charge in [-0.1, -0.05) is 6.07 Å². The first-order chi connectivity index (χ1) is 16.2. The third-order valence-electron chi connectivity index (χ3n) is 6.80. The fourth-order valence-electron chi connectivity index (χ4n) is 5.15. The standard InChI is InChI=1S/C24H33N7O3/c1-15-8-13-20(21(14-15)31(33)34)30(23(25)32)17-11-9-16(10-12-17)26-24-27-19-7-5-4-6-18(19)22(28-24)29(2)3/h8,13-14,16-17H,4-7,9-12H2,1-3H3,(H2,25,32)(H,26,27,28)/t16-,17+. The number of hydrogen-bond acceptors (Lipinski definition) is 7. The largest absolute Gasteiger partial charge is 0.362 e. The van der Waals surface area contributed by atoms with Crippen molar-refractivity contribution in [3.8, 4) is 0 Å². The summed E-state index contributed by atoms with van der Waals surface area (Å²) in [7, 11) is 4.02. The predicted molar refractivity (Wildman–Crippen MR) is 133 cm³/mol. The molecule has 2 aliphatic rings. The van der Waals surface area contributed by atoms with E-state index >= 15 is 0 Å². The molecule has 2 amide bonds. The molecule has 0 unspecified atom stereocenters. The Morgan fingerprint density at radius 1 is 1.15 bits per heavy atom. The highest BCUT2D eigenvalue weighted by molar-refractivity contribution is 5.94. The van der Waals surface area contributed by atoms with Gasteiger partial charge in [-0.2, -0.15) is 4.98 Å². The van der Waals surface area contributed by atoms with Crippen LogP contribution in [0.3, 0.4) is 0 Å². The van der Waals surface area contributed by atoms with E-state index in [0.717, 1.165) is 49.2 Å². The number of nitro benzene ring substituents is 1. The number of urea groups is 1. The number of hydrogen-bond donors (Lipinski definition) is 2. The van der Waals surface area contributed by atoms with Gasteiger partial charge < -0.3 is 16.0 Å². The van der Waals surface area contributed by atoms with Crippen molar-refractivity contribution in [2.75, 3.05) is 29.2 Å². The van der Waals surface area contributed by atoms with Gasteiger partial charge in [-0.25, -0.2) is 9.78 Å². The number of aromatic nitrogens is 2. The summed E-state index contributed by atoms with van der Waals surface area (Å²) in [5.41, 5.74) is 9.00. The third-order valence-corrected chi connectivity index (χ3v) is 6.80. The van der Waals surface area contributed by atoms with E-state index in [1.165, 1.54) is 23.0 Å². The number of amides is 2. The van der Waals surface area contributed by atoms with Gasteiger partial charge in [0.2, 0.25) is 5.95 Å². The lowest BCUT2D eigenvalue weighted by Crippen LogP contribution is -2.47. The number of rotatable bonds is 6. The molecule has 1 aromatic carbocycles. The van der Waals surface area contributed by atoms with Crippen LogP contribution in [0.4, 0.5) is 27.9 Å². The Balaban J connectivity index is 1.48. The van der Waals surface area contributed by atoms with Gasteiger partial charge >= 0.3 is 6.03 Å². The highest BCUT2D eigenvalue weighted by Crippen LogP contribution is 2.35. The smallest absolute Gasteiger partial charge is 0.319 e. The lowest BCUT2D eigenvalue weighted by molar-refractivity contribution is -0.384. The van der Waals surface area contributed by atoms with Crippen molar-refractivity contribution in [3.05, 3.63) is 45.1 Å². The quantitative estimate of drug-likeness (QED) is 0.486. The number of nitrogens with two attached hydrogens (primary N) is 1. The van der Waals surface area contributed by atoms with Gasteiger partial charge in [-0.15, -0.1) is 0 Å². The molecule has 3 N–H and O–H groups in total. The molecule has 0 aliphatic heterocycles. The minimum absolute atomic E-state index is 0.0993. The van der Waals surface area contributed by atoms with Crippen LogP contribution in [0.15, 0.2) is 18.2 Å². The van der Waals surface area contributed by atoms with E-state index in [2.05, 4.69) is 5.32 Å². The highest BCUT2D eigenvalue weighted by atomic mass is 16.6. The Morgan fingerprint density at radius 2 is 1.85 bits per heavy atom. The molecule has 0 radical (unpaired) electrons. The Labute approximate surface area is 199 Å². The van der Waals surface area contributed by atoms with Gasteiger partial charge in [-0.3, -0.25) is 15.0 Å². The van der Waals surface area contributed by atoms with E-state index in [1.807, 2.05) is 19.0 Å². The molecule has 10 heteroatoms. The van der Waals surface area contributed by atoms with E-state index in [4.69, 9.17) is 15.7 Å². The van der Waals surface area contributed by atoms with E-state index in [1.54, 1.807) is 19.1 Å². The highest BCUT2D eigenvalue weighted by Gasteiger charge is 2.33. The van der Waals surface area contributed by atoms with Crippen LogP contribution in [0.5, 0.6) is 0 Å². The maximum Gasteiger partial charge on any atom is 0.319 e. The summed E-state index contributed by atoms with van der Waals surface area (Å²) in [6.07, 6.45) is 7.23. The summed E-state index contributed by atoms with van der Waals surface area (Å²) in [6, 6.07) is 4.16. The Bertz CT molecular complexity index is 1080. The van der Waals surface area contributed by atoms with Crippen LogP contribution in [-0.2, 0) is 12.8 Å². The van der Waals surface area contributed by atoms with Crippen molar-refractivity contribution in [1.82, 2.24) is 9.97 Å². The molecule has 1 saturated carbocycles. The lowest BCUT2D eigenvalue weighted by atomic mass is 9.89. The second-order valence-corrected chi connectivity index (χ2v) is 9.50. The van der Waals surface area contributed by atoms with Crippen LogP contribution >= 0.6 is 0 Å². The maximum atomic E-state index is 12.4. The molecule has 34 heavy (non-hydrogen) atoms. The first-order valence-corrected chi connectivity index (χ1v) is 11.9. The van der Waals surface area contributed by atoms with Crippen LogP contribution < -0.4 is 20.9 Å². The number of benzene rings is 1. The predicted octanol–water partition coefficient (Wildman–Crippen LogP) is 3.95. The summed E-state index contributed by atoms with van der Waals surface area (Å²) in [4.78, 5) is 36.6. The van der Waals surface area contributed by atoms with E-state index in [0.29, 0.717) is 18.8 Å². The fourth-order valence-corrected chi connectivity index (χ4v) is 5.15. The van der Waals surface area contributed by atoms with Gasteiger partial charge in [0.25, 0.3) is 5.69 Å². The average Bonchev–Trinajstić information content (AvgIpc) is 2.80. The van der Waals surface area contributed by atoms with Gasteiger partial charge in [0.05, 0.1) is 10.6 Å². The molecule has 0 bridgehead atoms. The van der Waals surface area contributed by atoms with Crippen molar-refractivity contribution < 1.29 is 9.72 Å². The molecule has 2 aliphatic carbocycles. The van der Waals surface area contributed by atoms with Crippen LogP contribution in [-0.4, -0.2) is 47.1 Å². The first kappa shape index (κ1) is 23.7. The third kappa shape index (κ3) is 4.90. The van der Waals surface area contributed by atoms with Crippen molar-refractivity contribution >= 4 is 29.2 Å². The number of nitrogens with one attached hydrogen (secondary N) is 1. The first-order valence-electron chi connectivity index (χ1n) is 11.9. The number of primary amides is 1. The minimum Gasteiger partial charge on any atom is -0.362 e. The van der Waals surface area contributed by atoms with Crippen molar-refractivity contribution in [2.24, 2.45) is 5.73 Å². The topological polar surface area (TPSA) is 131 Å². The normalized spacial score (nSPS) is 19.7. The molecule has 1 fully saturated rings. The van der Waals surface area contributed by atoms with E-state index in [-0.39, 0.29) is 23.5 Å². The molecule has 10 nitrogen and oxygen atoms in total. The molecule has 2 aromatic rings. The second-order valence-electron chi connectivity index (χ2n) is 9.50. The molecule has 0 saturated heterocycles. The lowest BCUT2D eigenvalue weighted by Gasteiger charge is -2.36. The molecular formula is C24H33N7O3. The molecule has 1 heterocycles. The Hall–Kier alpha value is -3.43. The monoisotopic (exact) mass is 467 g/mol. The molecular weight excluding hydrogens is 434 g/mol. The number of anilines is 3. The number of aryl methyl sites for hydroxylation is 2. The van der Waals surface area contributed by atoms with Gasteiger partial charge in [0.15, 0.2) is 0 Å². The van der Waals surface area contributed by atoms with Crippen LogP contribution in [0.25, 0.3) is 0 Å². The van der Waals surface area contributed by atoms with Crippen molar-refractivity contribution in [2.45, 2.75) is 70.4 Å². The van der Waals surface area contributed by atoms with E-state index in [9.17, 15) is 14.9 Å². The van der Waals surface area contributed by atoms with Crippen LogP contribution in [0.2, 0.25) is 0 Å². The molecule has 4 rings (SSSR count).